The number of fused-ring (bicyclic) bond motifs is 3. The summed E-state index contributed by atoms with van der Waals surface area (Å²) in [5.74, 6) is -7.45. The number of nitrogens with zero attached hydrogens (tertiary/aromatic N) is 3. The Kier molecular flexibility index (Phi) is 6.43. The number of phenolic OH excluding ortho intramolecular Hbond substituents is 1. The number of nitrogens with two attached hydrogens (primary N) is 1. The number of benzene rings is 1. The molecule has 0 radical (unpaired) electrons. The summed E-state index contributed by atoms with van der Waals surface area (Å²) in [7, 11) is 3.10. The maximum atomic E-state index is 13.7. The number of phenols is 1. The SMILES string of the molecule is CN(C)[C@H]1C(O)=C(C(N)=O)C(=O)[C@@]2(O)C(O)=C3C(=O)c4c(O)ccc(C(=O)CNc5ccncn5)c4C[C@H]3C[C@@H]12. The molecule has 0 aliphatic heterocycles. The average molecular weight is 550 g/mol. The summed E-state index contributed by atoms with van der Waals surface area (Å²) in [5.41, 5.74) is 1.64. The number of aromatic nitrogens is 2. The van der Waals surface area contributed by atoms with Gasteiger partial charge in [0.1, 0.15) is 35.0 Å². The topological polar surface area (TPSA) is 216 Å². The number of primary amides is 1. The van der Waals surface area contributed by atoms with Crippen molar-refractivity contribution in [1.82, 2.24) is 14.9 Å². The predicted octanol–water partition coefficient (Wildman–Crippen LogP) is 0.205. The van der Waals surface area contributed by atoms with Gasteiger partial charge in [0, 0.05) is 23.3 Å². The first kappa shape index (κ1) is 27.0. The molecule has 1 aromatic carbocycles. The number of Topliss-reactive ketones (excluding diaryl/α,β-unsaturated/α-hetero) is 3. The van der Waals surface area contributed by atoms with Gasteiger partial charge in [-0.05, 0) is 56.6 Å². The Hall–Kier alpha value is -4.62. The highest BCUT2D eigenvalue weighted by Gasteiger charge is 2.63. The van der Waals surface area contributed by atoms with E-state index in [1.54, 1.807) is 20.2 Å². The number of rotatable bonds is 6. The average Bonchev–Trinajstić information content (AvgIpc) is 2.89. The fraction of sp³-hybridized carbons (Fsp3) is 0.333. The van der Waals surface area contributed by atoms with Gasteiger partial charge in [0.15, 0.2) is 17.2 Å². The molecule has 0 spiro atoms. The molecule has 2 aromatic rings. The molecule has 208 valence electrons. The molecule has 1 aromatic heterocycles. The van der Waals surface area contributed by atoms with Gasteiger partial charge < -0.3 is 31.5 Å². The van der Waals surface area contributed by atoms with E-state index in [1.165, 1.54) is 29.6 Å². The summed E-state index contributed by atoms with van der Waals surface area (Å²) in [6.07, 6.45) is 2.75. The highest BCUT2D eigenvalue weighted by molar-refractivity contribution is 6.25. The fourth-order valence-electron chi connectivity index (χ4n) is 6.17. The Morgan fingerprint density at radius 2 is 1.90 bits per heavy atom. The van der Waals surface area contributed by atoms with Gasteiger partial charge in [0.25, 0.3) is 5.91 Å². The Morgan fingerprint density at radius 1 is 1.18 bits per heavy atom. The molecule has 40 heavy (non-hydrogen) atoms. The number of hydrogen-bond acceptors (Lipinski definition) is 12. The van der Waals surface area contributed by atoms with E-state index in [2.05, 4.69) is 15.3 Å². The number of carbonyl (C=O) groups excluding carboxylic acids is 4. The van der Waals surface area contributed by atoms with Gasteiger partial charge in [-0.25, -0.2) is 9.97 Å². The Balaban J connectivity index is 1.60. The lowest BCUT2D eigenvalue weighted by molar-refractivity contribution is -0.148. The maximum Gasteiger partial charge on any atom is 0.255 e. The summed E-state index contributed by atoms with van der Waals surface area (Å²) in [6, 6.07) is 3.06. The minimum atomic E-state index is -2.73. The number of aliphatic hydroxyl groups excluding tert-OH is 2. The van der Waals surface area contributed by atoms with Crippen LogP contribution in [0.15, 0.2) is 53.4 Å². The van der Waals surface area contributed by atoms with Crippen molar-refractivity contribution < 1.29 is 39.6 Å². The number of anilines is 1. The van der Waals surface area contributed by atoms with Gasteiger partial charge in [0.2, 0.25) is 5.78 Å². The molecule has 7 N–H and O–H groups in total. The standard InChI is InChI=1S/C27H27N5O8/c1-32(2)21-14-8-11-7-13-12(16(34)9-30-17-5-6-29-10-31-17)3-4-15(33)19(13)22(35)18(11)24(37)27(14,40)25(38)20(23(21)36)26(28)39/h3-6,10-11,14,21,33,36-37,40H,7-9H2,1-2H3,(H2,28,39)(H,29,30,31)/t11-,14-,21+,27-/m0/s1. The molecule has 0 unspecified atom stereocenters. The van der Waals surface area contributed by atoms with Crippen molar-refractivity contribution in [2.75, 3.05) is 26.0 Å². The molecule has 13 nitrogen and oxygen atoms in total. The number of carbonyl (C=O) groups is 4. The number of nitrogens with one attached hydrogen (secondary N) is 1. The van der Waals surface area contributed by atoms with E-state index in [0.29, 0.717) is 5.82 Å². The number of amides is 1. The summed E-state index contributed by atoms with van der Waals surface area (Å²) >= 11 is 0. The molecule has 0 saturated heterocycles. The van der Waals surface area contributed by atoms with Crippen LogP contribution in [0.25, 0.3) is 0 Å². The van der Waals surface area contributed by atoms with Gasteiger partial charge in [-0.1, -0.05) is 0 Å². The van der Waals surface area contributed by atoms with E-state index in [9.17, 15) is 39.6 Å². The second-order valence-corrected chi connectivity index (χ2v) is 10.3. The van der Waals surface area contributed by atoms with Crippen LogP contribution in [-0.4, -0.2) is 90.8 Å². The summed E-state index contributed by atoms with van der Waals surface area (Å²) in [4.78, 5) is 61.7. The zero-order chi connectivity index (χ0) is 29.1. The van der Waals surface area contributed by atoms with Crippen LogP contribution in [0.3, 0.4) is 0 Å². The minimum Gasteiger partial charge on any atom is -0.510 e. The van der Waals surface area contributed by atoms with Crippen LogP contribution in [0.5, 0.6) is 5.75 Å². The third-order valence-corrected chi connectivity index (χ3v) is 7.92. The van der Waals surface area contributed by atoms with E-state index in [1.807, 2.05) is 0 Å². The Morgan fingerprint density at radius 3 is 2.52 bits per heavy atom. The van der Waals surface area contributed by atoms with Crippen LogP contribution in [0.4, 0.5) is 5.82 Å². The molecule has 3 aliphatic rings. The normalized spacial score (nSPS) is 25.9. The molecule has 13 heteroatoms. The smallest absolute Gasteiger partial charge is 0.255 e. The molecule has 5 rings (SSSR count). The lowest BCUT2D eigenvalue weighted by atomic mass is 9.58. The van der Waals surface area contributed by atoms with Crippen molar-refractivity contribution in [3.63, 3.8) is 0 Å². The number of hydrogen-bond donors (Lipinski definition) is 6. The summed E-state index contributed by atoms with van der Waals surface area (Å²) < 4.78 is 0. The van der Waals surface area contributed by atoms with Crippen molar-refractivity contribution in [2.45, 2.75) is 24.5 Å². The lowest BCUT2D eigenvalue weighted by Crippen LogP contribution is -2.63. The monoisotopic (exact) mass is 549 g/mol. The maximum absolute atomic E-state index is 13.7. The van der Waals surface area contributed by atoms with Gasteiger partial charge in [-0.15, -0.1) is 0 Å². The van der Waals surface area contributed by atoms with Crippen LogP contribution in [0.2, 0.25) is 0 Å². The van der Waals surface area contributed by atoms with Crippen LogP contribution in [0, 0.1) is 11.8 Å². The van der Waals surface area contributed by atoms with Crippen LogP contribution in [-0.2, 0) is 16.0 Å². The molecule has 1 amide bonds. The van der Waals surface area contributed by atoms with Gasteiger partial charge >= 0.3 is 0 Å². The number of ketones is 3. The molecular weight excluding hydrogens is 522 g/mol. The zero-order valence-electron chi connectivity index (χ0n) is 21.6. The fourth-order valence-corrected chi connectivity index (χ4v) is 6.17. The van der Waals surface area contributed by atoms with Crippen molar-refractivity contribution in [2.24, 2.45) is 17.6 Å². The Labute approximate surface area is 227 Å². The van der Waals surface area contributed by atoms with Crippen molar-refractivity contribution in [3.8, 4) is 5.75 Å². The third kappa shape index (κ3) is 3.85. The quantitative estimate of drug-likeness (QED) is 0.210. The van der Waals surface area contributed by atoms with E-state index in [-0.39, 0.29) is 41.6 Å². The first-order valence-electron chi connectivity index (χ1n) is 12.4. The molecule has 0 saturated carbocycles. The lowest BCUT2D eigenvalue weighted by Gasteiger charge is -2.50. The Bertz CT molecular complexity index is 1530. The minimum absolute atomic E-state index is 0.0114. The van der Waals surface area contributed by atoms with Gasteiger partial charge in [-0.3, -0.25) is 24.1 Å². The third-order valence-electron chi connectivity index (χ3n) is 7.92. The molecule has 0 bridgehead atoms. The zero-order valence-corrected chi connectivity index (χ0v) is 21.6. The van der Waals surface area contributed by atoms with E-state index >= 15 is 0 Å². The predicted molar refractivity (Wildman–Crippen MR) is 139 cm³/mol. The number of allylic oxidation sites excluding steroid dienone is 1. The second-order valence-electron chi connectivity index (χ2n) is 10.3. The molecule has 0 fully saturated rings. The van der Waals surface area contributed by atoms with E-state index in [0.717, 1.165) is 0 Å². The molecular formula is C27H27N5O8. The van der Waals surface area contributed by atoms with Crippen molar-refractivity contribution in [1.29, 1.82) is 0 Å². The van der Waals surface area contributed by atoms with Crippen molar-refractivity contribution in [3.05, 3.63) is 70.1 Å². The van der Waals surface area contributed by atoms with E-state index < -0.39 is 69.6 Å². The number of aromatic hydroxyl groups is 1. The van der Waals surface area contributed by atoms with Gasteiger partial charge in [0.05, 0.1) is 18.2 Å². The molecule has 3 aliphatic carbocycles. The largest absolute Gasteiger partial charge is 0.510 e. The molecule has 1 heterocycles. The first-order chi connectivity index (χ1) is 18.9. The van der Waals surface area contributed by atoms with Crippen LogP contribution < -0.4 is 11.1 Å². The van der Waals surface area contributed by atoms with E-state index in [4.69, 9.17) is 5.73 Å². The number of likely N-dealkylation sites (N-methyl/N-ethyl adjacent to an activating group) is 1. The summed E-state index contributed by atoms with van der Waals surface area (Å²) in [5, 5.41) is 47.3. The molecule has 4 atom stereocenters. The van der Waals surface area contributed by atoms with Crippen LogP contribution >= 0.6 is 0 Å². The highest BCUT2D eigenvalue weighted by atomic mass is 16.3. The summed E-state index contributed by atoms with van der Waals surface area (Å²) in [6.45, 7) is -0.171. The van der Waals surface area contributed by atoms with Gasteiger partial charge in [-0.2, -0.15) is 0 Å². The number of aliphatic hydroxyl groups is 3. The first-order valence-corrected chi connectivity index (χ1v) is 12.4. The second kappa shape index (κ2) is 9.54. The highest BCUT2D eigenvalue weighted by Crippen LogP contribution is 2.52. The van der Waals surface area contributed by atoms with Crippen LogP contribution in [0.1, 0.15) is 32.7 Å². The van der Waals surface area contributed by atoms with Crippen molar-refractivity contribution >= 4 is 29.1 Å².